The van der Waals surface area contributed by atoms with Crippen LogP contribution in [-0.4, -0.2) is 18.8 Å². The highest BCUT2D eigenvalue weighted by Gasteiger charge is 2.59. The van der Waals surface area contributed by atoms with Gasteiger partial charge in [-0.3, -0.25) is 0 Å². The molecule has 2 aliphatic rings. The summed E-state index contributed by atoms with van der Waals surface area (Å²) in [5.41, 5.74) is 1.26. The lowest BCUT2D eigenvalue weighted by Gasteiger charge is -2.55. The lowest BCUT2D eigenvalue weighted by Crippen LogP contribution is -2.63. The van der Waals surface area contributed by atoms with E-state index in [1.807, 2.05) is 12.1 Å². The van der Waals surface area contributed by atoms with Crippen LogP contribution in [0.25, 0.3) is 0 Å². The molecule has 4 heteroatoms. The molecule has 3 atom stereocenters. The Hall–Kier alpha value is -0.250. The Balaban J connectivity index is 1.83. The molecule has 0 aromatic heterocycles. The minimum atomic E-state index is 0.183. The van der Waals surface area contributed by atoms with Crippen LogP contribution in [0.5, 0.6) is 0 Å². The maximum Gasteiger partial charge on any atom is 0.0694 e. The van der Waals surface area contributed by atoms with Gasteiger partial charge in [-0.25, -0.2) is 0 Å². The van der Waals surface area contributed by atoms with Crippen molar-refractivity contribution in [2.45, 2.75) is 32.4 Å². The van der Waals surface area contributed by atoms with E-state index in [0.29, 0.717) is 18.1 Å². The van der Waals surface area contributed by atoms with Gasteiger partial charge in [0.05, 0.1) is 21.3 Å². The van der Waals surface area contributed by atoms with Crippen LogP contribution < -0.4 is 5.32 Å². The van der Waals surface area contributed by atoms with Crippen molar-refractivity contribution in [1.82, 2.24) is 0 Å². The second-order valence-corrected chi connectivity index (χ2v) is 6.99. The number of hydrogen-bond acceptors (Lipinski definition) is 2. The second-order valence-electron chi connectivity index (χ2n) is 5.79. The molecule has 3 unspecified atom stereocenters. The molecule has 1 saturated heterocycles. The van der Waals surface area contributed by atoms with Gasteiger partial charge >= 0.3 is 0 Å². The Morgan fingerprint density at radius 3 is 3.00 bits per heavy atom. The van der Waals surface area contributed by atoms with Crippen LogP contribution in [0, 0.1) is 11.3 Å². The van der Waals surface area contributed by atoms with Crippen LogP contribution in [0.2, 0.25) is 5.02 Å². The van der Waals surface area contributed by atoms with Crippen molar-refractivity contribution in [1.29, 1.82) is 0 Å². The third-order valence-corrected chi connectivity index (χ3v) is 5.76. The lowest BCUT2D eigenvalue weighted by molar-refractivity contribution is -0.0923. The molecule has 0 radical (unpaired) electrons. The van der Waals surface area contributed by atoms with Crippen LogP contribution >= 0.6 is 27.5 Å². The van der Waals surface area contributed by atoms with Crippen molar-refractivity contribution in [3.05, 3.63) is 27.7 Å². The van der Waals surface area contributed by atoms with Gasteiger partial charge in [-0.05, 0) is 34.5 Å². The maximum atomic E-state index is 6.13. The molecule has 0 bridgehead atoms. The van der Waals surface area contributed by atoms with Gasteiger partial charge in [0.15, 0.2) is 0 Å². The predicted molar refractivity (Wildman–Crippen MR) is 78.2 cm³/mol. The van der Waals surface area contributed by atoms with E-state index in [0.717, 1.165) is 28.2 Å². The van der Waals surface area contributed by atoms with Crippen molar-refractivity contribution < 1.29 is 4.74 Å². The summed E-state index contributed by atoms with van der Waals surface area (Å²) >= 11 is 9.68. The Morgan fingerprint density at radius 2 is 2.22 bits per heavy atom. The quantitative estimate of drug-likeness (QED) is 0.871. The van der Waals surface area contributed by atoms with Crippen molar-refractivity contribution >= 4 is 33.2 Å². The molecule has 2 nitrogen and oxygen atoms in total. The van der Waals surface area contributed by atoms with E-state index in [-0.39, 0.29) is 5.41 Å². The van der Waals surface area contributed by atoms with Crippen LogP contribution in [0.1, 0.15) is 20.3 Å². The molecule has 1 aromatic carbocycles. The van der Waals surface area contributed by atoms with Crippen LogP contribution in [-0.2, 0) is 4.74 Å². The highest BCUT2D eigenvalue weighted by Crippen LogP contribution is 2.53. The normalized spacial score (nSPS) is 32.8. The van der Waals surface area contributed by atoms with Crippen LogP contribution in [0.4, 0.5) is 5.69 Å². The van der Waals surface area contributed by atoms with Gasteiger partial charge in [0.25, 0.3) is 0 Å². The third-order valence-electron chi connectivity index (χ3n) is 4.36. The highest BCUT2D eigenvalue weighted by molar-refractivity contribution is 9.10. The number of anilines is 1. The van der Waals surface area contributed by atoms with E-state index in [1.165, 1.54) is 0 Å². The van der Waals surface area contributed by atoms with E-state index in [1.54, 1.807) is 0 Å². The summed E-state index contributed by atoms with van der Waals surface area (Å²) in [6.07, 6.45) is 1.57. The van der Waals surface area contributed by atoms with E-state index in [4.69, 9.17) is 16.3 Å². The number of rotatable bonds is 2. The van der Waals surface area contributed by atoms with E-state index >= 15 is 0 Å². The van der Waals surface area contributed by atoms with Crippen LogP contribution in [0.3, 0.4) is 0 Å². The van der Waals surface area contributed by atoms with E-state index in [9.17, 15) is 0 Å². The lowest BCUT2D eigenvalue weighted by atomic mass is 9.57. The first-order valence-corrected chi connectivity index (χ1v) is 7.51. The van der Waals surface area contributed by atoms with Gasteiger partial charge in [-0.2, -0.15) is 0 Å². The average molecular weight is 331 g/mol. The van der Waals surface area contributed by atoms with Crippen molar-refractivity contribution in [2.24, 2.45) is 11.3 Å². The molecule has 1 heterocycles. The first-order valence-electron chi connectivity index (χ1n) is 6.34. The first-order chi connectivity index (χ1) is 8.51. The molecule has 3 rings (SSSR count). The fourth-order valence-corrected chi connectivity index (χ4v) is 3.95. The number of nitrogens with one attached hydrogen (secondary N) is 1. The zero-order valence-corrected chi connectivity index (χ0v) is 12.9. The largest absolute Gasteiger partial charge is 0.380 e. The smallest absolute Gasteiger partial charge is 0.0694 e. The van der Waals surface area contributed by atoms with E-state index in [2.05, 4.69) is 41.2 Å². The molecule has 1 N–H and O–H groups in total. The number of hydrogen-bond donors (Lipinski definition) is 1. The minimum Gasteiger partial charge on any atom is -0.380 e. The van der Waals surface area contributed by atoms with Gasteiger partial charge in [0, 0.05) is 24.0 Å². The Bertz CT molecular complexity index is 477. The topological polar surface area (TPSA) is 21.3 Å². The van der Waals surface area contributed by atoms with Gasteiger partial charge in [0.2, 0.25) is 0 Å². The van der Waals surface area contributed by atoms with Crippen LogP contribution in [0.15, 0.2) is 22.7 Å². The van der Waals surface area contributed by atoms with E-state index < -0.39 is 0 Å². The summed E-state index contributed by atoms with van der Waals surface area (Å²) < 4.78 is 6.76. The monoisotopic (exact) mass is 329 g/mol. The highest BCUT2D eigenvalue weighted by atomic mass is 79.9. The zero-order chi connectivity index (χ0) is 12.9. The summed E-state index contributed by atoms with van der Waals surface area (Å²) in [4.78, 5) is 0. The zero-order valence-electron chi connectivity index (χ0n) is 10.5. The molecule has 2 fully saturated rings. The Morgan fingerprint density at radius 1 is 1.44 bits per heavy atom. The first kappa shape index (κ1) is 12.8. The third kappa shape index (κ3) is 1.79. The maximum absolute atomic E-state index is 6.13. The Labute approximate surface area is 121 Å². The molecule has 1 aliphatic carbocycles. The fraction of sp³-hybridized carbons (Fsp3) is 0.571. The van der Waals surface area contributed by atoms with Gasteiger partial charge < -0.3 is 10.1 Å². The predicted octanol–water partition coefficient (Wildman–Crippen LogP) is 4.33. The molecule has 1 aliphatic heterocycles. The standard InChI is InChI=1S/C14H17BrClNO/c1-14(2)12(8-6-7-18-13(8)14)17-10-5-3-4-9(16)11(10)15/h3-5,8,12-13,17H,6-7H2,1-2H3. The molecule has 0 spiro atoms. The number of benzene rings is 1. The fourth-order valence-electron chi connectivity index (χ4n) is 3.40. The molecule has 0 amide bonds. The number of ether oxygens (including phenoxy) is 1. The summed E-state index contributed by atoms with van der Waals surface area (Å²) in [6, 6.07) is 6.39. The number of halogens is 2. The molecule has 1 saturated carbocycles. The second kappa shape index (κ2) is 4.39. The Kier molecular flexibility index (Phi) is 3.12. The van der Waals surface area contributed by atoms with Gasteiger partial charge in [-0.1, -0.05) is 31.5 Å². The summed E-state index contributed by atoms with van der Waals surface area (Å²) in [7, 11) is 0. The van der Waals surface area contributed by atoms with Crippen molar-refractivity contribution in [2.75, 3.05) is 11.9 Å². The van der Waals surface area contributed by atoms with Crippen molar-refractivity contribution in [3.63, 3.8) is 0 Å². The van der Waals surface area contributed by atoms with Crippen molar-refractivity contribution in [3.8, 4) is 0 Å². The molecule has 98 valence electrons. The number of fused-ring (bicyclic) bond motifs is 1. The SMILES string of the molecule is CC1(C)C(Nc2cccc(Cl)c2Br)C2CCOC21. The molecule has 1 aromatic rings. The molecule has 18 heavy (non-hydrogen) atoms. The average Bonchev–Trinajstić information content (AvgIpc) is 2.77. The molecular formula is C14H17BrClNO. The summed E-state index contributed by atoms with van der Waals surface area (Å²) in [6.45, 7) is 5.44. The van der Waals surface area contributed by atoms with Gasteiger partial charge in [-0.15, -0.1) is 0 Å². The summed E-state index contributed by atoms with van der Waals surface area (Å²) in [5.74, 6) is 0.630. The summed E-state index contributed by atoms with van der Waals surface area (Å²) in [5, 5.41) is 4.38. The van der Waals surface area contributed by atoms with Gasteiger partial charge in [0.1, 0.15) is 0 Å². The molecular weight excluding hydrogens is 314 g/mol. The minimum absolute atomic E-state index is 0.183.